The van der Waals surface area contributed by atoms with Crippen LogP contribution in [0, 0.1) is 0 Å². The van der Waals surface area contributed by atoms with E-state index in [0.29, 0.717) is 0 Å². The van der Waals surface area contributed by atoms with E-state index < -0.39 is 11.4 Å². The standard InChI is InChI=1S/C4H12N.H3N.H2O3S/c1-5(2,3)4;;1-4(2)3/h1-4H3;1H3;(H2,1,2,3)/q+1;;/p-1. The molecule has 0 spiro atoms. The van der Waals surface area contributed by atoms with E-state index in [1.54, 1.807) is 0 Å². The molecule has 0 aromatic carbocycles. The molecule has 0 amide bonds. The normalized spacial score (nSPS) is 12.2. The lowest BCUT2D eigenvalue weighted by molar-refractivity contribution is -0.849. The Hall–Kier alpha value is -0.0100. The van der Waals surface area contributed by atoms with E-state index in [1.165, 1.54) is 0 Å². The van der Waals surface area contributed by atoms with Crippen molar-refractivity contribution < 1.29 is 17.8 Å². The zero-order valence-electron chi connectivity index (χ0n) is 6.83. The van der Waals surface area contributed by atoms with Crippen LogP contribution in [-0.2, 0) is 11.4 Å². The highest BCUT2D eigenvalue weighted by Crippen LogP contribution is 1.73. The molecule has 5 nitrogen and oxygen atoms in total. The summed E-state index contributed by atoms with van der Waals surface area (Å²) in [5.74, 6) is 0. The highest BCUT2D eigenvalue weighted by atomic mass is 32.2. The van der Waals surface area contributed by atoms with Crippen LogP contribution in [0.3, 0.4) is 0 Å². The third-order valence-corrected chi connectivity index (χ3v) is 0. The van der Waals surface area contributed by atoms with Gasteiger partial charge in [0.05, 0.1) is 39.6 Å². The number of hydrogen-bond donors (Lipinski definition) is 2. The Morgan fingerprint density at radius 1 is 1.30 bits per heavy atom. The summed E-state index contributed by atoms with van der Waals surface area (Å²) in [6.07, 6.45) is 0. The van der Waals surface area contributed by atoms with E-state index in [4.69, 9.17) is 13.3 Å². The molecule has 10 heavy (non-hydrogen) atoms. The second-order valence-electron chi connectivity index (χ2n) is 2.90. The van der Waals surface area contributed by atoms with Crippen molar-refractivity contribution in [3.63, 3.8) is 0 Å². The van der Waals surface area contributed by atoms with Crippen LogP contribution < -0.4 is 6.15 Å². The van der Waals surface area contributed by atoms with E-state index in [2.05, 4.69) is 28.2 Å². The molecule has 0 radical (unpaired) electrons. The maximum atomic E-state index is 8.56. The first-order valence-electron chi connectivity index (χ1n) is 2.30. The lowest BCUT2D eigenvalue weighted by atomic mass is 10.8. The summed E-state index contributed by atoms with van der Waals surface area (Å²) in [6.45, 7) is 0. The molecule has 0 aliphatic carbocycles. The first-order chi connectivity index (χ1) is 3.73. The maximum Gasteiger partial charge on any atom is 0.0814 e. The number of hydrogen-bond acceptors (Lipinski definition) is 3. The van der Waals surface area contributed by atoms with Gasteiger partial charge in [0, 0.05) is 0 Å². The minimum absolute atomic E-state index is 0. The molecule has 66 valence electrons. The molecule has 0 saturated heterocycles. The lowest BCUT2D eigenvalue weighted by Gasteiger charge is -2.14. The molecule has 0 aromatic rings. The van der Waals surface area contributed by atoms with Gasteiger partial charge in [-0.05, 0) is 0 Å². The molecule has 1 atom stereocenters. The van der Waals surface area contributed by atoms with Gasteiger partial charge in [0.15, 0.2) is 0 Å². The summed E-state index contributed by atoms with van der Waals surface area (Å²) in [5.41, 5.74) is 0. The number of nitrogens with zero attached hydrogens (tertiary/aromatic N) is 1. The quantitative estimate of drug-likeness (QED) is 0.391. The largest absolute Gasteiger partial charge is 0.750 e. The highest BCUT2D eigenvalue weighted by Gasteiger charge is 1.88. The van der Waals surface area contributed by atoms with Crippen LogP contribution in [0.5, 0.6) is 0 Å². The van der Waals surface area contributed by atoms with Crippen LogP contribution >= 0.6 is 0 Å². The molecular weight excluding hydrogens is 156 g/mol. The van der Waals surface area contributed by atoms with Crippen molar-refractivity contribution in [3.05, 3.63) is 0 Å². The minimum atomic E-state index is -2.86. The second kappa shape index (κ2) is 7.10. The van der Waals surface area contributed by atoms with Crippen molar-refractivity contribution in [3.8, 4) is 0 Å². The number of quaternary nitrogens is 1. The molecular formula is C4H16N2O3S. The molecule has 6 heteroatoms. The highest BCUT2D eigenvalue weighted by molar-refractivity contribution is 7.73. The van der Waals surface area contributed by atoms with Gasteiger partial charge >= 0.3 is 0 Å². The van der Waals surface area contributed by atoms with Crippen molar-refractivity contribution in [2.45, 2.75) is 0 Å². The Morgan fingerprint density at radius 2 is 1.30 bits per heavy atom. The van der Waals surface area contributed by atoms with Crippen LogP contribution in [0.15, 0.2) is 0 Å². The van der Waals surface area contributed by atoms with Crippen LogP contribution in [-0.4, -0.2) is 46.0 Å². The second-order valence-corrected chi connectivity index (χ2v) is 3.33. The number of rotatable bonds is 0. The van der Waals surface area contributed by atoms with Gasteiger partial charge in [-0.3, -0.25) is 0 Å². The minimum Gasteiger partial charge on any atom is -0.750 e. The fraction of sp³-hybridized carbons (Fsp3) is 1.00. The lowest BCUT2D eigenvalue weighted by Crippen LogP contribution is -2.27. The summed E-state index contributed by atoms with van der Waals surface area (Å²) in [7, 11) is 8.50. The fourth-order valence-corrected chi connectivity index (χ4v) is 0. The molecule has 0 fully saturated rings. The van der Waals surface area contributed by atoms with E-state index in [-0.39, 0.29) is 6.15 Å². The Kier molecular flexibility index (Phi) is 11.7. The van der Waals surface area contributed by atoms with Crippen LogP contribution in [0.4, 0.5) is 0 Å². The smallest absolute Gasteiger partial charge is 0.0814 e. The van der Waals surface area contributed by atoms with Gasteiger partial charge in [-0.1, -0.05) is 0 Å². The van der Waals surface area contributed by atoms with E-state index in [1.807, 2.05) is 0 Å². The van der Waals surface area contributed by atoms with Crippen molar-refractivity contribution >= 4 is 11.4 Å². The molecule has 0 aliphatic heterocycles. The molecule has 0 aromatic heterocycles. The predicted molar refractivity (Wildman–Crippen MR) is 40.5 cm³/mol. The summed E-state index contributed by atoms with van der Waals surface area (Å²) in [4.78, 5) is 0. The zero-order valence-corrected chi connectivity index (χ0v) is 7.64. The van der Waals surface area contributed by atoms with Gasteiger partial charge < -0.3 is 19.7 Å². The van der Waals surface area contributed by atoms with E-state index in [9.17, 15) is 0 Å². The topological polar surface area (TPSA) is 95.4 Å². The average Bonchev–Trinajstić information content (AvgIpc) is 1.19. The third kappa shape index (κ3) is 3900000. The van der Waals surface area contributed by atoms with Gasteiger partial charge in [-0.2, -0.15) is 0 Å². The van der Waals surface area contributed by atoms with Gasteiger partial charge in [0.25, 0.3) is 0 Å². The van der Waals surface area contributed by atoms with Gasteiger partial charge in [0.1, 0.15) is 0 Å². The van der Waals surface area contributed by atoms with E-state index in [0.717, 1.165) is 4.48 Å². The molecule has 4 N–H and O–H groups in total. The summed E-state index contributed by atoms with van der Waals surface area (Å²) >= 11 is -2.86. The van der Waals surface area contributed by atoms with Crippen LogP contribution in [0.1, 0.15) is 0 Å². The Bertz CT molecular complexity index is 81.0. The summed E-state index contributed by atoms with van der Waals surface area (Å²) in [6, 6.07) is 0. The zero-order chi connectivity index (χ0) is 8.08. The summed E-state index contributed by atoms with van der Waals surface area (Å²) < 4.78 is 25.1. The van der Waals surface area contributed by atoms with Crippen molar-refractivity contribution in [2.24, 2.45) is 0 Å². The van der Waals surface area contributed by atoms with Crippen LogP contribution in [0.25, 0.3) is 0 Å². The Balaban J connectivity index is -0.0000000910. The van der Waals surface area contributed by atoms with Crippen molar-refractivity contribution in [1.29, 1.82) is 0 Å². The summed E-state index contributed by atoms with van der Waals surface area (Å²) in [5, 5.41) is 0. The molecule has 0 bridgehead atoms. The van der Waals surface area contributed by atoms with Gasteiger partial charge in [-0.15, -0.1) is 0 Å². The average molecular weight is 172 g/mol. The third-order valence-electron chi connectivity index (χ3n) is 0. The monoisotopic (exact) mass is 172 g/mol. The first-order valence-corrected chi connectivity index (χ1v) is 3.34. The first kappa shape index (κ1) is 16.5. The molecule has 0 rings (SSSR count). The van der Waals surface area contributed by atoms with Crippen molar-refractivity contribution in [1.82, 2.24) is 6.15 Å². The molecule has 1 unspecified atom stereocenters. The van der Waals surface area contributed by atoms with E-state index >= 15 is 0 Å². The van der Waals surface area contributed by atoms with Gasteiger partial charge in [0.2, 0.25) is 0 Å². The van der Waals surface area contributed by atoms with Crippen LogP contribution in [0.2, 0.25) is 0 Å². The predicted octanol–water partition coefficient (Wildman–Crippen LogP) is -0.177. The van der Waals surface area contributed by atoms with Gasteiger partial charge in [-0.25, -0.2) is 4.21 Å². The Morgan fingerprint density at radius 3 is 1.30 bits per heavy atom. The molecule has 0 aliphatic rings. The Labute approximate surface area is 64.3 Å². The maximum absolute atomic E-state index is 8.56. The van der Waals surface area contributed by atoms with Crippen molar-refractivity contribution in [2.75, 3.05) is 28.2 Å². The molecule has 0 heterocycles. The molecule has 0 saturated carbocycles. The SMILES string of the molecule is C[N+](C)(C)C.N.O=S([O-])O. The fourth-order valence-electron chi connectivity index (χ4n) is 0.